The van der Waals surface area contributed by atoms with Crippen LogP contribution in [0, 0.1) is 0 Å². The fraction of sp³-hybridized carbons (Fsp3) is 1.00. The number of hydrogen-bond acceptors (Lipinski definition) is 2. The van der Waals surface area contributed by atoms with Gasteiger partial charge in [0.1, 0.15) is 0 Å². The topological polar surface area (TPSA) is 15.3 Å². The molecular formula is C10H22Cl2N2. The van der Waals surface area contributed by atoms with Crippen molar-refractivity contribution in [3.63, 3.8) is 0 Å². The van der Waals surface area contributed by atoms with Crippen molar-refractivity contribution in [2.24, 2.45) is 0 Å². The maximum atomic E-state index is 3.56. The molecule has 0 spiro atoms. The maximum Gasteiger partial charge on any atom is 0.0195 e. The summed E-state index contributed by atoms with van der Waals surface area (Å²) in [5.41, 5.74) is 0. The van der Waals surface area contributed by atoms with E-state index in [1.165, 1.54) is 58.3 Å². The zero-order valence-corrected chi connectivity index (χ0v) is 10.3. The van der Waals surface area contributed by atoms with Crippen molar-refractivity contribution in [2.45, 2.75) is 38.1 Å². The predicted octanol–water partition coefficient (Wildman–Crippen LogP) is 2.07. The lowest BCUT2D eigenvalue weighted by atomic mass is 10.1. The van der Waals surface area contributed by atoms with E-state index < -0.39 is 0 Å². The van der Waals surface area contributed by atoms with Crippen LogP contribution in [0.5, 0.6) is 0 Å². The molecule has 0 amide bonds. The minimum absolute atomic E-state index is 0. The van der Waals surface area contributed by atoms with Crippen LogP contribution in [0.4, 0.5) is 0 Å². The average molecular weight is 241 g/mol. The van der Waals surface area contributed by atoms with Gasteiger partial charge in [-0.2, -0.15) is 0 Å². The highest BCUT2D eigenvalue weighted by Crippen LogP contribution is 2.12. The monoisotopic (exact) mass is 240 g/mol. The molecule has 4 heteroatoms. The normalized spacial score (nSPS) is 27.9. The maximum absolute atomic E-state index is 3.56. The van der Waals surface area contributed by atoms with Crippen LogP contribution in [0.2, 0.25) is 0 Å². The van der Waals surface area contributed by atoms with Crippen LogP contribution < -0.4 is 5.32 Å². The number of likely N-dealkylation sites (tertiary alicyclic amines) is 1. The van der Waals surface area contributed by atoms with E-state index in [0.717, 1.165) is 6.04 Å². The fourth-order valence-corrected chi connectivity index (χ4v) is 2.37. The molecule has 0 radical (unpaired) electrons. The highest BCUT2D eigenvalue weighted by atomic mass is 35.5. The molecule has 2 saturated heterocycles. The van der Waals surface area contributed by atoms with Crippen molar-refractivity contribution in [3.05, 3.63) is 0 Å². The molecule has 1 atom stereocenters. The number of piperidine rings is 1. The summed E-state index contributed by atoms with van der Waals surface area (Å²) in [6, 6.07) is 0.808. The largest absolute Gasteiger partial charge is 0.313 e. The summed E-state index contributed by atoms with van der Waals surface area (Å²) in [6.07, 6.45) is 7.09. The molecule has 14 heavy (non-hydrogen) atoms. The Hall–Kier alpha value is 0.500. The Balaban J connectivity index is 0.000000845. The minimum Gasteiger partial charge on any atom is -0.313 e. The molecule has 0 aromatic rings. The highest BCUT2D eigenvalue weighted by Gasteiger charge is 2.18. The first-order valence-electron chi connectivity index (χ1n) is 5.41. The summed E-state index contributed by atoms with van der Waals surface area (Å²) in [7, 11) is 0. The first-order valence-corrected chi connectivity index (χ1v) is 5.41. The van der Waals surface area contributed by atoms with Gasteiger partial charge in [-0.15, -0.1) is 24.8 Å². The Kier molecular flexibility index (Phi) is 8.02. The molecule has 2 aliphatic rings. The van der Waals surface area contributed by atoms with Crippen LogP contribution in [-0.4, -0.2) is 37.1 Å². The second-order valence-electron chi connectivity index (χ2n) is 4.15. The summed E-state index contributed by atoms with van der Waals surface area (Å²) in [6.45, 7) is 5.24. The van der Waals surface area contributed by atoms with Crippen LogP contribution in [0.1, 0.15) is 32.1 Å². The van der Waals surface area contributed by atoms with E-state index in [1.807, 2.05) is 0 Å². The summed E-state index contributed by atoms with van der Waals surface area (Å²) < 4.78 is 0. The van der Waals surface area contributed by atoms with Crippen LogP contribution in [0.25, 0.3) is 0 Å². The molecule has 86 valence electrons. The second-order valence-corrected chi connectivity index (χ2v) is 4.15. The molecule has 1 N–H and O–H groups in total. The summed E-state index contributed by atoms with van der Waals surface area (Å²) in [5, 5.41) is 3.56. The van der Waals surface area contributed by atoms with E-state index in [9.17, 15) is 0 Å². The van der Waals surface area contributed by atoms with Gasteiger partial charge < -0.3 is 10.2 Å². The van der Waals surface area contributed by atoms with Gasteiger partial charge in [0.25, 0.3) is 0 Å². The van der Waals surface area contributed by atoms with Crippen molar-refractivity contribution >= 4 is 24.8 Å². The van der Waals surface area contributed by atoms with Crippen molar-refractivity contribution < 1.29 is 0 Å². The molecule has 1 unspecified atom stereocenters. The zero-order valence-electron chi connectivity index (χ0n) is 8.71. The molecule has 2 heterocycles. The standard InChI is InChI=1S/C10H20N2.2ClH/c1-2-7-12(8-3-1)9-10-5-4-6-11-10;;/h10-11H,1-9H2;2*1H. The Morgan fingerprint density at radius 2 is 1.71 bits per heavy atom. The molecule has 0 aromatic carbocycles. The molecule has 2 rings (SSSR count). The average Bonchev–Trinajstić information content (AvgIpc) is 2.59. The van der Waals surface area contributed by atoms with Crippen LogP contribution in [-0.2, 0) is 0 Å². The Bertz CT molecular complexity index is 132. The molecule has 0 aromatic heterocycles. The molecule has 0 bridgehead atoms. The van der Waals surface area contributed by atoms with E-state index in [-0.39, 0.29) is 24.8 Å². The van der Waals surface area contributed by atoms with Gasteiger partial charge in [-0.3, -0.25) is 0 Å². The van der Waals surface area contributed by atoms with Crippen molar-refractivity contribution in [2.75, 3.05) is 26.2 Å². The third-order valence-electron chi connectivity index (χ3n) is 3.09. The summed E-state index contributed by atoms with van der Waals surface area (Å²) >= 11 is 0. The van der Waals surface area contributed by atoms with Crippen molar-refractivity contribution in [3.8, 4) is 0 Å². The van der Waals surface area contributed by atoms with E-state index in [4.69, 9.17) is 0 Å². The highest BCUT2D eigenvalue weighted by molar-refractivity contribution is 5.85. The van der Waals surface area contributed by atoms with Crippen molar-refractivity contribution in [1.82, 2.24) is 10.2 Å². The quantitative estimate of drug-likeness (QED) is 0.796. The van der Waals surface area contributed by atoms with Crippen LogP contribution in [0.3, 0.4) is 0 Å². The third kappa shape index (κ3) is 4.35. The van der Waals surface area contributed by atoms with Gasteiger partial charge in [-0.25, -0.2) is 0 Å². The van der Waals surface area contributed by atoms with Gasteiger partial charge in [0.05, 0.1) is 0 Å². The lowest BCUT2D eigenvalue weighted by molar-refractivity contribution is 0.210. The Morgan fingerprint density at radius 3 is 2.29 bits per heavy atom. The molecule has 2 nitrogen and oxygen atoms in total. The van der Waals surface area contributed by atoms with Gasteiger partial charge in [0.2, 0.25) is 0 Å². The predicted molar refractivity (Wildman–Crippen MR) is 65.8 cm³/mol. The van der Waals surface area contributed by atoms with Gasteiger partial charge in [-0.05, 0) is 45.3 Å². The van der Waals surface area contributed by atoms with E-state index in [2.05, 4.69) is 10.2 Å². The van der Waals surface area contributed by atoms with E-state index in [0.29, 0.717) is 0 Å². The molecule has 0 aliphatic carbocycles. The SMILES string of the molecule is C1CCN(CC2CCCN2)CC1.Cl.Cl. The Morgan fingerprint density at radius 1 is 1.00 bits per heavy atom. The number of nitrogens with zero attached hydrogens (tertiary/aromatic N) is 1. The first-order chi connectivity index (χ1) is 5.95. The van der Waals surface area contributed by atoms with Gasteiger partial charge in [0, 0.05) is 12.6 Å². The van der Waals surface area contributed by atoms with Crippen molar-refractivity contribution in [1.29, 1.82) is 0 Å². The summed E-state index contributed by atoms with van der Waals surface area (Å²) in [5.74, 6) is 0. The smallest absolute Gasteiger partial charge is 0.0195 e. The lowest BCUT2D eigenvalue weighted by Crippen LogP contribution is -2.40. The third-order valence-corrected chi connectivity index (χ3v) is 3.09. The number of hydrogen-bond donors (Lipinski definition) is 1. The van der Waals surface area contributed by atoms with Gasteiger partial charge >= 0.3 is 0 Å². The molecule has 0 saturated carbocycles. The summed E-state index contributed by atoms with van der Waals surface area (Å²) in [4.78, 5) is 2.63. The Labute approximate surface area is 99.6 Å². The lowest BCUT2D eigenvalue weighted by Gasteiger charge is -2.28. The van der Waals surface area contributed by atoms with E-state index in [1.54, 1.807) is 0 Å². The minimum atomic E-state index is 0. The molecular weight excluding hydrogens is 219 g/mol. The molecule has 2 aliphatic heterocycles. The second kappa shape index (κ2) is 7.75. The van der Waals surface area contributed by atoms with Gasteiger partial charge in [0.15, 0.2) is 0 Å². The van der Waals surface area contributed by atoms with Crippen LogP contribution in [0.15, 0.2) is 0 Å². The van der Waals surface area contributed by atoms with E-state index >= 15 is 0 Å². The number of nitrogens with one attached hydrogen (secondary N) is 1. The number of halogens is 2. The first kappa shape index (κ1) is 14.5. The number of rotatable bonds is 2. The zero-order chi connectivity index (χ0) is 8.23. The van der Waals surface area contributed by atoms with Gasteiger partial charge in [-0.1, -0.05) is 6.42 Å². The molecule has 2 fully saturated rings. The van der Waals surface area contributed by atoms with Crippen LogP contribution >= 0.6 is 24.8 Å². The fourth-order valence-electron chi connectivity index (χ4n) is 2.37.